The molecule has 14 heavy (non-hydrogen) atoms. The second-order valence-corrected chi connectivity index (χ2v) is 4.36. The SMILES string of the molecule is N#CC1(OC(=O)C2CCCC2)CCC1. The monoisotopic (exact) mass is 193 g/mol. The average Bonchev–Trinajstić information content (AvgIpc) is 2.63. The van der Waals surface area contributed by atoms with E-state index in [2.05, 4.69) is 6.07 Å². The van der Waals surface area contributed by atoms with Gasteiger partial charge >= 0.3 is 5.97 Å². The summed E-state index contributed by atoms with van der Waals surface area (Å²) in [6.45, 7) is 0. The van der Waals surface area contributed by atoms with Crippen LogP contribution >= 0.6 is 0 Å². The highest BCUT2D eigenvalue weighted by atomic mass is 16.6. The molecule has 0 heterocycles. The maximum atomic E-state index is 11.6. The number of carbonyl (C=O) groups is 1. The Balaban J connectivity index is 1.90. The zero-order valence-electron chi connectivity index (χ0n) is 8.29. The highest BCUT2D eigenvalue weighted by Gasteiger charge is 2.42. The Morgan fingerprint density at radius 2 is 1.93 bits per heavy atom. The molecule has 0 aliphatic heterocycles. The van der Waals surface area contributed by atoms with E-state index in [-0.39, 0.29) is 11.9 Å². The fourth-order valence-corrected chi connectivity index (χ4v) is 2.17. The average molecular weight is 193 g/mol. The van der Waals surface area contributed by atoms with Crippen LogP contribution in [-0.2, 0) is 9.53 Å². The minimum atomic E-state index is -0.750. The molecule has 76 valence electrons. The van der Waals surface area contributed by atoms with Crippen LogP contribution in [0, 0.1) is 17.2 Å². The van der Waals surface area contributed by atoms with Crippen molar-refractivity contribution >= 4 is 5.97 Å². The van der Waals surface area contributed by atoms with Crippen LogP contribution in [0.3, 0.4) is 0 Å². The summed E-state index contributed by atoms with van der Waals surface area (Å²) in [5.41, 5.74) is -0.750. The molecular formula is C11H15NO2. The number of hydrogen-bond donors (Lipinski definition) is 0. The zero-order valence-corrected chi connectivity index (χ0v) is 8.29. The third kappa shape index (κ3) is 1.61. The highest BCUT2D eigenvalue weighted by Crippen LogP contribution is 2.37. The summed E-state index contributed by atoms with van der Waals surface area (Å²) in [5, 5.41) is 8.90. The van der Waals surface area contributed by atoms with Crippen molar-refractivity contribution in [3.63, 3.8) is 0 Å². The minimum Gasteiger partial charge on any atom is -0.443 e. The minimum absolute atomic E-state index is 0.0702. The summed E-state index contributed by atoms with van der Waals surface area (Å²) >= 11 is 0. The molecule has 2 fully saturated rings. The van der Waals surface area contributed by atoms with Crippen molar-refractivity contribution in [1.29, 1.82) is 5.26 Å². The Morgan fingerprint density at radius 1 is 1.29 bits per heavy atom. The van der Waals surface area contributed by atoms with E-state index < -0.39 is 5.60 Å². The van der Waals surface area contributed by atoms with Crippen molar-refractivity contribution in [2.24, 2.45) is 5.92 Å². The van der Waals surface area contributed by atoms with Gasteiger partial charge in [0.15, 0.2) is 5.60 Å². The van der Waals surface area contributed by atoms with E-state index in [1.54, 1.807) is 0 Å². The third-order valence-corrected chi connectivity index (χ3v) is 3.35. The van der Waals surface area contributed by atoms with Gasteiger partial charge < -0.3 is 4.74 Å². The molecule has 0 aromatic rings. The lowest BCUT2D eigenvalue weighted by molar-refractivity contribution is -0.165. The normalized spacial score (nSPS) is 25.1. The summed E-state index contributed by atoms with van der Waals surface area (Å²) in [6.07, 6.45) is 6.59. The molecule has 0 aromatic heterocycles. The molecule has 0 saturated heterocycles. The molecule has 0 atom stereocenters. The number of carbonyl (C=O) groups excluding carboxylic acids is 1. The third-order valence-electron chi connectivity index (χ3n) is 3.35. The van der Waals surface area contributed by atoms with Gasteiger partial charge in [0.2, 0.25) is 0 Å². The Morgan fingerprint density at radius 3 is 2.36 bits per heavy atom. The lowest BCUT2D eigenvalue weighted by atomic mass is 9.81. The van der Waals surface area contributed by atoms with Gasteiger partial charge in [0.05, 0.1) is 5.92 Å². The van der Waals surface area contributed by atoms with Crippen molar-refractivity contribution in [3.8, 4) is 6.07 Å². The summed E-state index contributed by atoms with van der Waals surface area (Å²) in [5.74, 6) is -0.0652. The first-order valence-corrected chi connectivity index (χ1v) is 5.40. The number of nitriles is 1. The molecule has 2 aliphatic carbocycles. The quantitative estimate of drug-likeness (QED) is 0.631. The Kier molecular flexibility index (Phi) is 2.45. The fraction of sp³-hybridized carbons (Fsp3) is 0.818. The molecule has 0 spiro atoms. The van der Waals surface area contributed by atoms with Gasteiger partial charge in [0.1, 0.15) is 6.07 Å². The lowest BCUT2D eigenvalue weighted by Gasteiger charge is -2.35. The van der Waals surface area contributed by atoms with E-state index in [0.29, 0.717) is 0 Å². The van der Waals surface area contributed by atoms with Crippen molar-refractivity contribution in [2.75, 3.05) is 0 Å². The van der Waals surface area contributed by atoms with E-state index in [4.69, 9.17) is 10.00 Å². The molecule has 0 aromatic carbocycles. The molecule has 3 nitrogen and oxygen atoms in total. The second-order valence-electron chi connectivity index (χ2n) is 4.36. The fourth-order valence-electron chi connectivity index (χ4n) is 2.17. The Hall–Kier alpha value is -1.04. The van der Waals surface area contributed by atoms with E-state index >= 15 is 0 Å². The van der Waals surface area contributed by atoms with Crippen LogP contribution in [0.2, 0.25) is 0 Å². The van der Waals surface area contributed by atoms with Crippen LogP contribution in [0.4, 0.5) is 0 Å². The van der Waals surface area contributed by atoms with Crippen LogP contribution < -0.4 is 0 Å². The van der Waals surface area contributed by atoms with Gasteiger partial charge in [-0.15, -0.1) is 0 Å². The molecule has 3 heteroatoms. The van der Waals surface area contributed by atoms with Crippen LogP contribution in [0.25, 0.3) is 0 Å². The topological polar surface area (TPSA) is 50.1 Å². The largest absolute Gasteiger partial charge is 0.443 e. The van der Waals surface area contributed by atoms with Crippen LogP contribution in [0.5, 0.6) is 0 Å². The van der Waals surface area contributed by atoms with Gasteiger partial charge in [-0.1, -0.05) is 12.8 Å². The van der Waals surface area contributed by atoms with Crippen LogP contribution in [0.15, 0.2) is 0 Å². The molecular weight excluding hydrogens is 178 g/mol. The van der Waals surface area contributed by atoms with Gasteiger partial charge in [-0.3, -0.25) is 4.79 Å². The number of ether oxygens (including phenoxy) is 1. The number of hydrogen-bond acceptors (Lipinski definition) is 3. The number of nitrogens with zero attached hydrogens (tertiary/aromatic N) is 1. The maximum Gasteiger partial charge on any atom is 0.310 e. The molecule has 0 amide bonds. The first kappa shape index (κ1) is 9.51. The summed E-state index contributed by atoms with van der Waals surface area (Å²) < 4.78 is 5.31. The van der Waals surface area contributed by atoms with Gasteiger partial charge in [-0.25, -0.2) is 0 Å². The van der Waals surface area contributed by atoms with Gasteiger partial charge in [-0.2, -0.15) is 5.26 Å². The summed E-state index contributed by atoms with van der Waals surface area (Å²) in [6, 6.07) is 2.13. The molecule has 2 rings (SSSR count). The summed E-state index contributed by atoms with van der Waals surface area (Å²) in [7, 11) is 0. The standard InChI is InChI=1S/C11H15NO2/c12-8-11(6-3-7-11)14-10(13)9-4-1-2-5-9/h9H,1-7H2. The van der Waals surface area contributed by atoms with E-state index in [1.807, 2.05) is 0 Å². The summed E-state index contributed by atoms with van der Waals surface area (Å²) in [4.78, 5) is 11.6. The lowest BCUT2D eigenvalue weighted by Crippen LogP contribution is -2.41. The van der Waals surface area contributed by atoms with Gasteiger partial charge in [-0.05, 0) is 19.3 Å². The Labute approximate surface area is 84.0 Å². The smallest absolute Gasteiger partial charge is 0.310 e. The second kappa shape index (κ2) is 3.61. The van der Waals surface area contributed by atoms with E-state index in [0.717, 1.165) is 44.9 Å². The van der Waals surface area contributed by atoms with E-state index in [1.165, 1.54) is 0 Å². The first-order chi connectivity index (χ1) is 6.76. The molecule has 0 radical (unpaired) electrons. The molecule has 2 saturated carbocycles. The zero-order chi connectivity index (χ0) is 10.0. The van der Waals surface area contributed by atoms with Crippen molar-refractivity contribution in [2.45, 2.75) is 50.5 Å². The van der Waals surface area contributed by atoms with Gasteiger partial charge in [0, 0.05) is 12.8 Å². The van der Waals surface area contributed by atoms with E-state index in [9.17, 15) is 4.79 Å². The molecule has 0 bridgehead atoms. The number of rotatable bonds is 2. The predicted octanol–water partition coefficient (Wildman–Crippen LogP) is 2.17. The predicted molar refractivity (Wildman–Crippen MR) is 50.2 cm³/mol. The first-order valence-electron chi connectivity index (χ1n) is 5.40. The van der Waals surface area contributed by atoms with Crippen molar-refractivity contribution in [3.05, 3.63) is 0 Å². The molecule has 0 N–H and O–H groups in total. The van der Waals surface area contributed by atoms with Crippen LogP contribution in [-0.4, -0.2) is 11.6 Å². The number of esters is 1. The van der Waals surface area contributed by atoms with Crippen LogP contribution in [0.1, 0.15) is 44.9 Å². The highest BCUT2D eigenvalue weighted by molar-refractivity contribution is 5.73. The molecule has 2 aliphatic rings. The van der Waals surface area contributed by atoms with Crippen molar-refractivity contribution in [1.82, 2.24) is 0 Å². The molecule has 0 unspecified atom stereocenters. The van der Waals surface area contributed by atoms with Crippen molar-refractivity contribution < 1.29 is 9.53 Å². The maximum absolute atomic E-state index is 11.6. The Bertz CT molecular complexity index is 270. The van der Waals surface area contributed by atoms with Gasteiger partial charge in [0.25, 0.3) is 0 Å².